The number of hydrogen-bond donors (Lipinski definition) is 0. The van der Waals surface area contributed by atoms with E-state index < -0.39 is 11.6 Å². The van der Waals surface area contributed by atoms with Crippen LogP contribution >= 0.6 is 0 Å². The van der Waals surface area contributed by atoms with Crippen molar-refractivity contribution in [2.45, 2.75) is 77.7 Å². The van der Waals surface area contributed by atoms with Gasteiger partial charge in [0.2, 0.25) is 0 Å². The van der Waals surface area contributed by atoms with Crippen molar-refractivity contribution < 1.29 is 28.7 Å². The van der Waals surface area contributed by atoms with Crippen LogP contribution in [0.4, 0.5) is 0 Å². The van der Waals surface area contributed by atoms with Crippen molar-refractivity contribution in [3.63, 3.8) is 0 Å². The highest BCUT2D eigenvalue weighted by Gasteiger charge is 2.67. The first-order valence-corrected chi connectivity index (χ1v) is 12.1. The van der Waals surface area contributed by atoms with Crippen LogP contribution in [0.1, 0.15) is 72.1 Å². The van der Waals surface area contributed by atoms with E-state index in [1.807, 2.05) is 0 Å². The van der Waals surface area contributed by atoms with Crippen molar-refractivity contribution in [3.05, 3.63) is 35.6 Å². The highest BCUT2D eigenvalue weighted by atomic mass is 16.6. The van der Waals surface area contributed by atoms with Gasteiger partial charge in [-0.25, -0.2) is 0 Å². The minimum absolute atomic E-state index is 0.0206. The molecule has 33 heavy (non-hydrogen) atoms. The molecule has 1 spiro atoms. The van der Waals surface area contributed by atoms with E-state index in [4.69, 9.17) is 9.47 Å². The lowest BCUT2D eigenvalue weighted by Crippen LogP contribution is -2.53. The molecule has 6 nitrogen and oxygen atoms in total. The summed E-state index contributed by atoms with van der Waals surface area (Å²) in [6.07, 6.45) is 12.2. The SMILES string of the molecule is CC(=O)O/C=C\C(=O)[C@@H]1CC2=CC(=O)CC[C@]2(C)C2=CC[C@@]3(C)[C@@H](CC[C@@]34CCC(=O)O4)[C@@H]21. The Hall–Kier alpha value is -2.50. The molecule has 4 aliphatic carbocycles. The maximum absolute atomic E-state index is 13.4. The molecule has 0 bridgehead atoms. The second kappa shape index (κ2) is 7.51. The number of allylic oxidation sites excluding steroid dienone is 5. The fourth-order valence-corrected chi connectivity index (χ4v) is 7.75. The van der Waals surface area contributed by atoms with Gasteiger partial charge in [0.15, 0.2) is 11.6 Å². The zero-order valence-electron chi connectivity index (χ0n) is 19.6. The molecule has 5 rings (SSSR count). The van der Waals surface area contributed by atoms with Gasteiger partial charge in [0.25, 0.3) is 0 Å². The van der Waals surface area contributed by atoms with Crippen LogP contribution in [0.25, 0.3) is 0 Å². The van der Waals surface area contributed by atoms with Crippen molar-refractivity contribution >= 4 is 23.5 Å². The third kappa shape index (κ3) is 3.20. The van der Waals surface area contributed by atoms with E-state index >= 15 is 0 Å². The van der Waals surface area contributed by atoms with E-state index in [1.165, 1.54) is 24.8 Å². The Morgan fingerprint density at radius 2 is 1.94 bits per heavy atom. The zero-order valence-corrected chi connectivity index (χ0v) is 19.6. The van der Waals surface area contributed by atoms with Gasteiger partial charge in [-0.05, 0) is 56.4 Å². The highest BCUT2D eigenvalue weighted by Crippen LogP contribution is 2.69. The molecule has 0 aromatic heterocycles. The molecule has 0 radical (unpaired) electrons. The monoisotopic (exact) mass is 452 g/mol. The maximum atomic E-state index is 13.4. The summed E-state index contributed by atoms with van der Waals surface area (Å²) in [6.45, 7) is 5.76. The molecule has 176 valence electrons. The Kier molecular flexibility index (Phi) is 5.07. The normalized spacial score (nSPS) is 41.7. The van der Waals surface area contributed by atoms with E-state index in [0.29, 0.717) is 19.3 Å². The fourth-order valence-electron chi connectivity index (χ4n) is 7.75. The standard InChI is InChI=1S/C27H32O6/c1-16(28)32-13-8-22(30)19-15-17-14-18(29)4-9-25(17,2)20-5-10-26(3)21(24(19)20)6-11-27(26)12-7-23(31)33-27/h5,8,13-14,19,21,24H,4,6-7,9-12,15H2,1-3H3/b13-8-/t19-,21-,24+,25-,26-,27+/m0/s1. The second-order valence-electron chi connectivity index (χ2n) is 11.0. The van der Waals surface area contributed by atoms with Crippen molar-refractivity contribution in [3.8, 4) is 0 Å². The van der Waals surface area contributed by atoms with Crippen LogP contribution in [0.3, 0.4) is 0 Å². The average Bonchev–Trinajstić information content (AvgIpc) is 3.28. The molecular formula is C27H32O6. The van der Waals surface area contributed by atoms with Gasteiger partial charge in [0, 0.05) is 42.6 Å². The molecule has 0 amide bonds. The number of esters is 2. The van der Waals surface area contributed by atoms with Gasteiger partial charge >= 0.3 is 11.9 Å². The van der Waals surface area contributed by atoms with Crippen molar-refractivity contribution in [1.29, 1.82) is 0 Å². The van der Waals surface area contributed by atoms with E-state index in [2.05, 4.69) is 19.9 Å². The third-order valence-corrected chi connectivity index (χ3v) is 9.56. The third-order valence-electron chi connectivity index (χ3n) is 9.56. The quantitative estimate of drug-likeness (QED) is 0.273. The number of ether oxygens (including phenoxy) is 2. The molecule has 5 aliphatic rings. The van der Waals surface area contributed by atoms with Gasteiger partial charge in [-0.3, -0.25) is 19.2 Å². The number of carbonyl (C=O) groups excluding carboxylic acids is 4. The smallest absolute Gasteiger partial charge is 0.307 e. The Bertz CT molecular complexity index is 1030. The van der Waals surface area contributed by atoms with Gasteiger partial charge < -0.3 is 9.47 Å². The lowest BCUT2D eigenvalue weighted by Gasteiger charge is -2.56. The molecule has 3 fully saturated rings. The molecule has 6 atom stereocenters. The number of carbonyl (C=O) groups is 4. The summed E-state index contributed by atoms with van der Waals surface area (Å²) in [5.74, 6) is -0.631. The molecule has 0 aromatic carbocycles. The Balaban J connectivity index is 1.58. The molecule has 0 unspecified atom stereocenters. The molecule has 1 saturated heterocycles. The summed E-state index contributed by atoms with van der Waals surface area (Å²) >= 11 is 0. The molecule has 6 heteroatoms. The summed E-state index contributed by atoms with van der Waals surface area (Å²) < 4.78 is 10.9. The molecule has 0 aromatic rings. The molecule has 0 N–H and O–H groups in total. The lowest BCUT2D eigenvalue weighted by atomic mass is 9.47. The van der Waals surface area contributed by atoms with E-state index in [-0.39, 0.29) is 46.1 Å². The summed E-state index contributed by atoms with van der Waals surface area (Å²) in [6, 6.07) is 0. The van der Waals surface area contributed by atoms with Crippen LogP contribution in [0, 0.1) is 28.6 Å². The minimum atomic E-state index is -0.470. The summed E-state index contributed by atoms with van der Waals surface area (Å²) in [5, 5.41) is 0. The first-order chi connectivity index (χ1) is 15.6. The van der Waals surface area contributed by atoms with Gasteiger partial charge in [0.05, 0.1) is 6.26 Å². The fraction of sp³-hybridized carbons (Fsp3) is 0.630. The number of rotatable bonds is 3. The predicted octanol–water partition coefficient (Wildman–Crippen LogP) is 4.39. The predicted molar refractivity (Wildman–Crippen MR) is 120 cm³/mol. The van der Waals surface area contributed by atoms with Crippen molar-refractivity contribution in [2.24, 2.45) is 28.6 Å². The van der Waals surface area contributed by atoms with E-state index in [0.717, 1.165) is 37.7 Å². The summed E-state index contributed by atoms with van der Waals surface area (Å²) in [5.41, 5.74) is 1.45. The molecular weight excluding hydrogens is 420 g/mol. The van der Waals surface area contributed by atoms with Crippen LogP contribution in [0.5, 0.6) is 0 Å². The first kappa shape index (κ1) is 22.3. The topological polar surface area (TPSA) is 86.7 Å². The Morgan fingerprint density at radius 3 is 2.64 bits per heavy atom. The van der Waals surface area contributed by atoms with Crippen molar-refractivity contribution in [1.82, 2.24) is 0 Å². The van der Waals surface area contributed by atoms with Crippen LogP contribution in [-0.4, -0.2) is 29.1 Å². The number of hydrogen-bond acceptors (Lipinski definition) is 6. The van der Waals surface area contributed by atoms with Gasteiger partial charge in [0.1, 0.15) is 5.60 Å². The number of ketones is 2. The summed E-state index contributed by atoms with van der Waals surface area (Å²) in [4.78, 5) is 49.0. The second-order valence-corrected chi connectivity index (χ2v) is 11.0. The van der Waals surface area contributed by atoms with Gasteiger partial charge in [-0.2, -0.15) is 0 Å². The van der Waals surface area contributed by atoms with E-state index in [9.17, 15) is 19.2 Å². The van der Waals surface area contributed by atoms with Crippen LogP contribution < -0.4 is 0 Å². The van der Waals surface area contributed by atoms with Gasteiger partial charge in [-0.1, -0.05) is 31.1 Å². The van der Waals surface area contributed by atoms with Crippen LogP contribution in [0.2, 0.25) is 0 Å². The maximum Gasteiger partial charge on any atom is 0.307 e. The van der Waals surface area contributed by atoms with Gasteiger partial charge in [-0.15, -0.1) is 0 Å². The molecule has 1 aliphatic heterocycles. The highest BCUT2D eigenvalue weighted by molar-refractivity contribution is 5.95. The number of fused-ring (bicyclic) bond motifs is 6. The van der Waals surface area contributed by atoms with Crippen LogP contribution in [-0.2, 0) is 28.7 Å². The van der Waals surface area contributed by atoms with Crippen molar-refractivity contribution in [2.75, 3.05) is 0 Å². The molecule has 2 saturated carbocycles. The van der Waals surface area contributed by atoms with Crippen LogP contribution in [0.15, 0.2) is 35.6 Å². The Morgan fingerprint density at radius 1 is 1.15 bits per heavy atom. The zero-order chi connectivity index (χ0) is 23.6. The first-order valence-electron chi connectivity index (χ1n) is 12.1. The van der Waals surface area contributed by atoms with E-state index in [1.54, 1.807) is 6.08 Å². The Labute approximate surface area is 194 Å². The largest absolute Gasteiger partial charge is 0.458 e. The minimum Gasteiger partial charge on any atom is -0.458 e. The molecule has 1 heterocycles. The lowest BCUT2D eigenvalue weighted by molar-refractivity contribution is -0.161. The average molecular weight is 453 g/mol. The summed E-state index contributed by atoms with van der Waals surface area (Å²) in [7, 11) is 0.